The smallest absolute Gasteiger partial charge is 0.147 e. The van der Waals surface area contributed by atoms with Crippen LogP contribution in [0.15, 0.2) is 61.3 Å². The summed E-state index contributed by atoms with van der Waals surface area (Å²) >= 11 is 0. The van der Waals surface area contributed by atoms with Crippen LogP contribution in [-0.2, 0) is 0 Å². The molecule has 5 rings (SSSR count). The van der Waals surface area contributed by atoms with Gasteiger partial charge in [-0.1, -0.05) is 24.3 Å². The summed E-state index contributed by atoms with van der Waals surface area (Å²) in [7, 11) is 0. The standard InChI is InChI=1S/C17H10N4/c1-2-5-12-11(4-1)8-20-16-13-6-3-7-19-17(13)21-10-18-9-14(21)15(12)16/h1-10H. The Morgan fingerprint density at radius 3 is 2.76 bits per heavy atom. The Morgan fingerprint density at radius 2 is 1.76 bits per heavy atom. The van der Waals surface area contributed by atoms with E-state index in [0.29, 0.717) is 0 Å². The highest BCUT2D eigenvalue weighted by Crippen LogP contribution is 2.32. The molecular formula is C17H10N4. The molecule has 4 heteroatoms. The van der Waals surface area contributed by atoms with Crippen LogP contribution in [0.3, 0.4) is 0 Å². The van der Waals surface area contributed by atoms with E-state index < -0.39 is 0 Å². The van der Waals surface area contributed by atoms with E-state index in [1.807, 2.05) is 35.3 Å². The summed E-state index contributed by atoms with van der Waals surface area (Å²) in [6.07, 6.45) is 7.42. The normalized spacial score (nSPS) is 11.8. The second kappa shape index (κ2) is 3.76. The van der Waals surface area contributed by atoms with Crippen LogP contribution >= 0.6 is 0 Å². The molecule has 4 heterocycles. The maximum Gasteiger partial charge on any atom is 0.147 e. The first-order valence-corrected chi connectivity index (χ1v) is 6.80. The monoisotopic (exact) mass is 270 g/mol. The second-order valence-electron chi connectivity index (χ2n) is 5.09. The van der Waals surface area contributed by atoms with Crippen molar-refractivity contribution in [1.29, 1.82) is 0 Å². The summed E-state index contributed by atoms with van der Waals surface area (Å²) in [5, 5.41) is 4.50. The highest BCUT2D eigenvalue weighted by atomic mass is 15.0. The van der Waals surface area contributed by atoms with Gasteiger partial charge in [0.25, 0.3) is 0 Å². The Labute approximate surface area is 119 Å². The maximum atomic E-state index is 4.69. The van der Waals surface area contributed by atoms with Gasteiger partial charge in [0.05, 0.1) is 17.2 Å². The zero-order valence-electron chi connectivity index (χ0n) is 11.1. The van der Waals surface area contributed by atoms with E-state index in [4.69, 9.17) is 0 Å². The van der Waals surface area contributed by atoms with Gasteiger partial charge in [-0.05, 0) is 17.5 Å². The van der Waals surface area contributed by atoms with E-state index in [2.05, 4.69) is 39.2 Å². The highest BCUT2D eigenvalue weighted by molar-refractivity contribution is 6.20. The quantitative estimate of drug-likeness (QED) is 0.404. The first-order valence-electron chi connectivity index (χ1n) is 6.80. The molecule has 0 spiro atoms. The van der Waals surface area contributed by atoms with E-state index in [1.165, 1.54) is 5.39 Å². The molecule has 0 unspecified atom stereocenters. The summed E-state index contributed by atoms with van der Waals surface area (Å²) in [5.74, 6) is 0. The molecule has 21 heavy (non-hydrogen) atoms. The topological polar surface area (TPSA) is 43.1 Å². The summed E-state index contributed by atoms with van der Waals surface area (Å²) in [5.41, 5.74) is 2.91. The van der Waals surface area contributed by atoms with Gasteiger partial charge >= 0.3 is 0 Å². The highest BCUT2D eigenvalue weighted by Gasteiger charge is 2.12. The van der Waals surface area contributed by atoms with Crippen molar-refractivity contribution in [2.45, 2.75) is 0 Å². The largest absolute Gasteiger partial charge is 0.282 e. The number of hydrogen-bond acceptors (Lipinski definition) is 3. The van der Waals surface area contributed by atoms with Gasteiger partial charge < -0.3 is 0 Å². The molecule has 98 valence electrons. The third-order valence-corrected chi connectivity index (χ3v) is 3.96. The van der Waals surface area contributed by atoms with Crippen molar-refractivity contribution < 1.29 is 0 Å². The van der Waals surface area contributed by atoms with Crippen molar-refractivity contribution in [3.63, 3.8) is 0 Å². The number of benzene rings is 1. The fraction of sp³-hybridized carbons (Fsp3) is 0. The van der Waals surface area contributed by atoms with Gasteiger partial charge in [-0.15, -0.1) is 0 Å². The third-order valence-electron chi connectivity index (χ3n) is 3.96. The molecule has 1 aromatic carbocycles. The predicted octanol–water partition coefficient (Wildman–Crippen LogP) is 3.58. The molecule has 0 saturated heterocycles. The Balaban J connectivity index is 2.24. The van der Waals surface area contributed by atoms with E-state index in [0.717, 1.165) is 32.8 Å². The number of fused-ring (bicyclic) bond motifs is 8. The van der Waals surface area contributed by atoms with Crippen molar-refractivity contribution in [3.8, 4) is 0 Å². The van der Waals surface area contributed by atoms with E-state index >= 15 is 0 Å². The number of imidazole rings is 1. The average Bonchev–Trinajstić information content (AvgIpc) is 3.04. The van der Waals surface area contributed by atoms with E-state index in [1.54, 1.807) is 6.20 Å². The number of rotatable bonds is 0. The maximum absolute atomic E-state index is 4.69. The number of aromatic nitrogens is 4. The lowest BCUT2D eigenvalue weighted by molar-refractivity contribution is 1.17. The van der Waals surface area contributed by atoms with E-state index in [9.17, 15) is 0 Å². The molecule has 4 aromatic heterocycles. The molecule has 0 radical (unpaired) electrons. The van der Waals surface area contributed by atoms with Crippen LogP contribution < -0.4 is 0 Å². The van der Waals surface area contributed by atoms with Crippen molar-refractivity contribution in [2.24, 2.45) is 0 Å². The van der Waals surface area contributed by atoms with Crippen LogP contribution in [0.25, 0.3) is 38.2 Å². The van der Waals surface area contributed by atoms with Gasteiger partial charge in [0.2, 0.25) is 0 Å². The van der Waals surface area contributed by atoms with Crippen molar-refractivity contribution in [1.82, 2.24) is 19.4 Å². The lowest BCUT2D eigenvalue weighted by atomic mass is 10.1. The molecule has 0 atom stereocenters. The van der Waals surface area contributed by atoms with Crippen molar-refractivity contribution >= 4 is 38.2 Å². The van der Waals surface area contributed by atoms with E-state index in [-0.39, 0.29) is 0 Å². The van der Waals surface area contributed by atoms with Gasteiger partial charge in [0.1, 0.15) is 12.0 Å². The zero-order chi connectivity index (χ0) is 13.8. The molecule has 5 aromatic rings. The second-order valence-corrected chi connectivity index (χ2v) is 5.09. The van der Waals surface area contributed by atoms with Gasteiger partial charge in [-0.2, -0.15) is 0 Å². The first-order chi connectivity index (χ1) is 10.4. The number of hydrogen-bond donors (Lipinski definition) is 0. The lowest BCUT2D eigenvalue weighted by Gasteiger charge is -2.09. The summed E-state index contributed by atoms with van der Waals surface area (Å²) in [6, 6.07) is 12.3. The number of pyridine rings is 3. The third kappa shape index (κ3) is 1.31. The Bertz CT molecular complexity index is 1130. The zero-order valence-corrected chi connectivity index (χ0v) is 11.1. The predicted molar refractivity (Wildman–Crippen MR) is 83.3 cm³/mol. The molecule has 0 fully saturated rings. The van der Waals surface area contributed by atoms with Gasteiger partial charge in [-0.3, -0.25) is 9.38 Å². The van der Waals surface area contributed by atoms with Gasteiger partial charge in [0, 0.05) is 28.6 Å². The van der Waals surface area contributed by atoms with Crippen molar-refractivity contribution in [3.05, 3.63) is 61.3 Å². The van der Waals surface area contributed by atoms with Crippen LogP contribution in [0.5, 0.6) is 0 Å². The molecule has 4 nitrogen and oxygen atoms in total. The molecule has 0 aliphatic carbocycles. The van der Waals surface area contributed by atoms with Crippen LogP contribution in [0.4, 0.5) is 0 Å². The lowest BCUT2D eigenvalue weighted by Crippen LogP contribution is -1.94. The summed E-state index contributed by atoms with van der Waals surface area (Å²) < 4.78 is 2.03. The minimum absolute atomic E-state index is 0.889. The molecule has 0 saturated carbocycles. The molecule has 0 aliphatic heterocycles. The van der Waals surface area contributed by atoms with Crippen LogP contribution in [0.2, 0.25) is 0 Å². The minimum atomic E-state index is 0.889. The van der Waals surface area contributed by atoms with Crippen molar-refractivity contribution in [2.75, 3.05) is 0 Å². The van der Waals surface area contributed by atoms with Crippen LogP contribution in [-0.4, -0.2) is 19.4 Å². The molecular weight excluding hydrogens is 260 g/mol. The first kappa shape index (κ1) is 10.7. The Morgan fingerprint density at radius 1 is 0.857 bits per heavy atom. The van der Waals surface area contributed by atoms with Crippen LogP contribution in [0, 0.1) is 0 Å². The Kier molecular flexibility index (Phi) is 1.92. The van der Waals surface area contributed by atoms with Gasteiger partial charge in [-0.25, -0.2) is 9.97 Å². The van der Waals surface area contributed by atoms with Gasteiger partial charge in [0.15, 0.2) is 0 Å². The molecule has 0 aliphatic rings. The summed E-state index contributed by atoms with van der Waals surface area (Å²) in [4.78, 5) is 13.5. The Hall–Kier alpha value is -3.01. The minimum Gasteiger partial charge on any atom is -0.282 e. The fourth-order valence-corrected chi connectivity index (χ4v) is 3.05. The summed E-state index contributed by atoms with van der Waals surface area (Å²) in [6.45, 7) is 0. The molecule has 0 N–H and O–H groups in total. The number of nitrogens with zero attached hydrogens (tertiary/aromatic N) is 4. The molecule has 0 amide bonds. The molecule has 0 bridgehead atoms. The SMILES string of the molecule is c1ccc2c(c1)cnc1c3cccnc3n3cncc3c21. The van der Waals surface area contributed by atoms with Crippen LogP contribution in [0.1, 0.15) is 0 Å². The fourth-order valence-electron chi connectivity index (χ4n) is 3.05. The average molecular weight is 270 g/mol.